The van der Waals surface area contributed by atoms with Crippen molar-refractivity contribution in [1.29, 1.82) is 0 Å². The van der Waals surface area contributed by atoms with Crippen molar-refractivity contribution in [2.75, 3.05) is 7.05 Å². The van der Waals surface area contributed by atoms with E-state index in [0.29, 0.717) is 4.47 Å². The number of nitrogens with zero attached hydrogens (tertiary/aromatic N) is 2. The number of carbonyl (C=O) groups is 1. The van der Waals surface area contributed by atoms with Gasteiger partial charge in [0.15, 0.2) is 0 Å². The zero-order valence-corrected chi connectivity index (χ0v) is 12.2. The molecule has 0 spiro atoms. The molecule has 1 aromatic carbocycles. The molecule has 3 N–H and O–H groups in total. The van der Waals surface area contributed by atoms with Gasteiger partial charge in [-0.2, -0.15) is 0 Å². The second-order valence-corrected chi connectivity index (χ2v) is 5.01. The summed E-state index contributed by atoms with van der Waals surface area (Å²) in [5, 5.41) is 11.4. The molecule has 19 heavy (non-hydrogen) atoms. The van der Waals surface area contributed by atoms with E-state index >= 15 is 0 Å². The second-order valence-electron chi connectivity index (χ2n) is 4.16. The summed E-state index contributed by atoms with van der Waals surface area (Å²) in [4.78, 5) is 13.6. The Morgan fingerprint density at radius 1 is 1.63 bits per heavy atom. The van der Waals surface area contributed by atoms with Gasteiger partial charge in [0.1, 0.15) is 11.7 Å². The van der Waals surface area contributed by atoms with Crippen molar-refractivity contribution in [2.24, 2.45) is 10.9 Å². The van der Waals surface area contributed by atoms with Gasteiger partial charge in [-0.05, 0) is 35.0 Å². The highest BCUT2D eigenvalue weighted by Crippen LogP contribution is 2.22. The van der Waals surface area contributed by atoms with Crippen LogP contribution in [0.3, 0.4) is 0 Å². The summed E-state index contributed by atoms with van der Waals surface area (Å²) in [6.45, 7) is 1.73. The summed E-state index contributed by atoms with van der Waals surface area (Å²) >= 11 is 3.15. The van der Waals surface area contributed by atoms with Gasteiger partial charge in [-0.1, -0.05) is 11.2 Å². The summed E-state index contributed by atoms with van der Waals surface area (Å²) in [7, 11) is 1.54. The van der Waals surface area contributed by atoms with E-state index < -0.39 is 11.7 Å². The van der Waals surface area contributed by atoms with E-state index in [2.05, 4.69) is 21.1 Å². The molecule has 0 saturated carbocycles. The van der Waals surface area contributed by atoms with Crippen molar-refractivity contribution in [3.05, 3.63) is 34.1 Å². The number of amides is 1. The summed E-state index contributed by atoms with van der Waals surface area (Å²) in [5.41, 5.74) is 5.36. The number of oxime groups is 1. The van der Waals surface area contributed by atoms with Gasteiger partial charge in [0.05, 0.1) is 5.56 Å². The Morgan fingerprint density at radius 3 is 2.79 bits per heavy atom. The van der Waals surface area contributed by atoms with Gasteiger partial charge in [0.25, 0.3) is 5.91 Å². The van der Waals surface area contributed by atoms with Crippen LogP contribution < -0.4 is 5.73 Å². The van der Waals surface area contributed by atoms with Crippen molar-refractivity contribution < 1.29 is 14.4 Å². The third-order valence-electron chi connectivity index (χ3n) is 2.79. The van der Waals surface area contributed by atoms with Crippen LogP contribution in [0.2, 0.25) is 0 Å². The number of hydrogen-bond acceptors (Lipinski definition) is 3. The van der Waals surface area contributed by atoms with Gasteiger partial charge in [-0.3, -0.25) is 4.79 Å². The minimum Gasteiger partial charge on any atom is -0.409 e. The zero-order chi connectivity index (χ0) is 14.6. The van der Waals surface area contributed by atoms with Crippen LogP contribution in [0.25, 0.3) is 0 Å². The Balaban J connectivity index is 2.94. The van der Waals surface area contributed by atoms with Crippen molar-refractivity contribution >= 4 is 27.7 Å². The third-order valence-corrected chi connectivity index (χ3v) is 3.45. The van der Waals surface area contributed by atoms with Gasteiger partial charge in [0.2, 0.25) is 0 Å². The Morgan fingerprint density at radius 2 is 2.26 bits per heavy atom. The summed E-state index contributed by atoms with van der Waals surface area (Å²) in [5.74, 6) is -1.05. The quantitative estimate of drug-likeness (QED) is 0.384. The van der Waals surface area contributed by atoms with Gasteiger partial charge >= 0.3 is 0 Å². The predicted octanol–water partition coefficient (Wildman–Crippen LogP) is 2.19. The SMILES string of the molecule is CC(C/C(N)=N/O)N(C)C(=O)c1c(F)cccc1Br. The molecule has 1 amide bonds. The monoisotopic (exact) mass is 331 g/mol. The van der Waals surface area contributed by atoms with Crippen LogP contribution in [0, 0.1) is 5.82 Å². The summed E-state index contributed by atoms with van der Waals surface area (Å²) in [6, 6.07) is 4.00. The third kappa shape index (κ3) is 3.66. The lowest BCUT2D eigenvalue weighted by Crippen LogP contribution is -2.38. The van der Waals surface area contributed by atoms with E-state index in [-0.39, 0.29) is 23.9 Å². The first-order valence-electron chi connectivity index (χ1n) is 5.56. The first-order chi connectivity index (χ1) is 8.88. The number of benzene rings is 1. The predicted molar refractivity (Wildman–Crippen MR) is 73.7 cm³/mol. The molecule has 104 valence electrons. The second kappa shape index (κ2) is 6.51. The maximum Gasteiger partial charge on any atom is 0.257 e. The number of amidine groups is 1. The van der Waals surface area contributed by atoms with E-state index in [1.807, 2.05) is 0 Å². The van der Waals surface area contributed by atoms with Gasteiger partial charge in [-0.25, -0.2) is 4.39 Å². The Labute approximate surface area is 119 Å². The highest BCUT2D eigenvalue weighted by Gasteiger charge is 2.23. The van der Waals surface area contributed by atoms with Gasteiger partial charge in [0, 0.05) is 24.0 Å². The molecule has 0 aliphatic heterocycles. The number of nitrogens with two attached hydrogens (primary N) is 1. The van der Waals surface area contributed by atoms with E-state index in [0.717, 1.165) is 0 Å². The fourth-order valence-corrected chi connectivity index (χ4v) is 2.07. The molecule has 1 rings (SSSR count). The average molecular weight is 332 g/mol. The smallest absolute Gasteiger partial charge is 0.257 e. The lowest BCUT2D eigenvalue weighted by Gasteiger charge is -2.25. The normalized spacial score (nSPS) is 13.2. The molecule has 0 aliphatic carbocycles. The van der Waals surface area contributed by atoms with Gasteiger partial charge < -0.3 is 15.8 Å². The summed E-state index contributed by atoms with van der Waals surface area (Å²) in [6.07, 6.45) is 0.199. The average Bonchev–Trinajstić information content (AvgIpc) is 2.37. The highest BCUT2D eigenvalue weighted by molar-refractivity contribution is 9.10. The topological polar surface area (TPSA) is 78.9 Å². The molecule has 0 saturated heterocycles. The minimum atomic E-state index is -0.595. The fourth-order valence-electron chi connectivity index (χ4n) is 1.56. The molecular formula is C12H15BrFN3O2. The van der Waals surface area contributed by atoms with Crippen LogP contribution in [0.15, 0.2) is 27.8 Å². The zero-order valence-electron chi connectivity index (χ0n) is 10.6. The Hall–Kier alpha value is -1.63. The largest absolute Gasteiger partial charge is 0.409 e. The molecule has 1 aromatic rings. The van der Waals surface area contributed by atoms with E-state index in [9.17, 15) is 9.18 Å². The van der Waals surface area contributed by atoms with E-state index in [1.165, 1.54) is 24.1 Å². The van der Waals surface area contributed by atoms with Crippen LogP contribution in [0.5, 0.6) is 0 Å². The van der Waals surface area contributed by atoms with Crippen molar-refractivity contribution in [3.8, 4) is 0 Å². The molecule has 0 heterocycles. The molecule has 0 bridgehead atoms. The van der Waals surface area contributed by atoms with Crippen molar-refractivity contribution in [1.82, 2.24) is 4.90 Å². The molecule has 1 unspecified atom stereocenters. The number of rotatable bonds is 4. The lowest BCUT2D eigenvalue weighted by atomic mass is 10.1. The molecule has 0 fully saturated rings. The van der Waals surface area contributed by atoms with Crippen molar-refractivity contribution in [2.45, 2.75) is 19.4 Å². The standard InChI is InChI=1S/C12H15BrFN3O2/c1-7(6-10(15)16-19)17(2)12(18)11-8(13)4-3-5-9(11)14/h3-5,7,19H,6H2,1-2H3,(H2,15,16). The van der Waals surface area contributed by atoms with Crippen LogP contribution in [0.1, 0.15) is 23.7 Å². The summed E-state index contributed by atoms with van der Waals surface area (Å²) < 4.78 is 14.1. The number of halogens is 2. The Kier molecular flexibility index (Phi) is 5.29. The minimum absolute atomic E-state index is 0.0137. The first-order valence-corrected chi connectivity index (χ1v) is 6.35. The molecule has 5 nitrogen and oxygen atoms in total. The fraction of sp³-hybridized carbons (Fsp3) is 0.333. The maximum atomic E-state index is 13.7. The number of hydrogen-bond donors (Lipinski definition) is 2. The Bertz CT molecular complexity index is 487. The van der Waals surface area contributed by atoms with Crippen LogP contribution in [0.4, 0.5) is 4.39 Å². The molecule has 7 heteroatoms. The van der Waals surface area contributed by atoms with Crippen LogP contribution in [-0.2, 0) is 0 Å². The molecule has 0 aliphatic rings. The van der Waals surface area contributed by atoms with Gasteiger partial charge in [-0.15, -0.1) is 0 Å². The molecular weight excluding hydrogens is 317 g/mol. The van der Waals surface area contributed by atoms with E-state index in [1.54, 1.807) is 13.0 Å². The maximum absolute atomic E-state index is 13.7. The first kappa shape index (κ1) is 15.4. The lowest BCUT2D eigenvalue weighted by molar-refractivity contribution is 0.0741. The van der Waals surface area contributed by atoms with Crippen molar-refractivity contribution in [3.63, 3.8) is 0 Å². The highest BCUT2D eigenvalue weighted by atomic mass is 79.9. The van der Waals surface area contributed by atoms with E-state index in [4.69, 9.17) is 10.9 Å². The van der Waals surface area contributed by atoms with Crippen LogP contribution in [-0.4, -0.2) is 34.9 Å². The molecule has 1 atom stereocenters. The molecule has 0 radical (unpaired) electrons. The number of carbonyl (C=O) groups excluding carboxylic acids is 1. The molecule has 0 aromatic heterocycles. The van der Waals surface area contributed by atoms with Crippen LogP contribution >= 0.6 is 15.9 Å².